The Morgan fingerprint density at radius 1 is 1.33 bits per heavy atom. The first kappa shape index (κ1) is 13.1. The quantitative estimate of drug-likeness (QED) is 0.839. The van der Waals surface area contributed by atoms with Crippen molar-refractivity contribution in [2.24, 2.45) is 5.92 Å². The van der Waals surface area contributed by atoms with Crippen LogP contribution in [0.3, 0.4) is 0 Å². The van der Waals surface area contributed by atoms with Crippen LogP contribution in [0.25, 0.3) is 0 Å². The molecule has 1 aromatic rings. The van der Waals surface area contributed by atoms with E-state index in [1.807, 2.05) is 0 Å². The van der Waals surface area contributed by atoms with E-state index in [1.54, 1.807) is 0 Å². The topological polar surface area (TPSA) is 51.2 Å². The van der Waals surface area contributed by atoms with E-state index in [0.717, 1.165) is 6.07 Å². The number of Topliss-reactive ketones (excluding diaryl/α,β-unsaturated/α-hetero) is 1. The second-order valence-electron chi connectivity index (χ2n) is 4.46. The molecule has 18 heavy (non-hydrogen) atoms. The lowest BCUT2D eigenvalue weighted by molar-refractivity contribution is -0.121. The van der Waals surface area contributed by atoms with E-state index in [1.165, 1.54) is 12.1 Å². The summed E-state index contributed by atoms with van der Waals surface area (Å²) < 4.78 is 48.8. The third kappa shape index (κ3) is 2.75. The van der Waals surface area contributed by atoms with Gasteiger partial charge in [-0.25, -0.2) is 17.2 Å². The third-order valence-electron chi connectivity index (χ3n) is 3.08. The molecule has 1 aliphatic heterocycles. The number of carbonyl (C=O) groups is 1. The Hall–Kier alpha value is -1.30. The van der Waals surface area contributed by atoms with Gasteiger partial charge in [0.25, 0.3) is 0 Å². The molecule has 0 radical (unpaired) electrons. The van der Waals surface area contributed by atoms with Crippen molar-refractivity contribution < 1.29 is 22.0 Å². The molecule has 2 rings (SSSR count). The van der Waals surface area contributed by atoms with Crippen LogP contribution >= 0.6 is 0 Å². The van der Waals surface area contributed by atoms with Crippen LogP contribution in [0.4, 0.5) is 8.78 Å². The lowest BCUT2D eigenvalue weighted by Crippen LogP contribution is -2.18. The van der Waals surface area contributed by atoms with E-state index in [9.17, 15) is 22.0 Å². The number of carbonyl (C=O) groups excluding carboxylic acids is 1. The van der Waals surface area contributed by atoms with Gasteiger partial charge in [-0.15, -0.1) is 0 Å². The largest absolute Gasteiger partial charge is 0.299 e. The van der Waals surface area contributed by atoms with Crippen molar-refractivity contribution in [2.75, 3.05) is 11.5 Å². The van der Waals surface area contributed by atoms with Crippen LogP contribution in [0.15, 0.2) is 18.2 Å². The van der Waals surface area contributed by atoms with E-state index < -0.39 is 27.4 Å². The molecule has 1 heterocycles. The minimum absolute atomic E-state index is 0.00492. The Kier molecular flexibility index (Phi) is 3.47. The van der Waals surface area contributed by atoms with Gasteiger partial charge in [0.05, 0.1) is 11.5 Å². The van der Waals surface area contributed by atoms with Gasteiger partial charge in [-0.2, -0.15) is 0 Å². The molecule has 1 unspecified atom stereocenters. The second-order valence-corrected chi connectivity index (χ2v) is 6.68. The molecule has 1 fully saturated rings. The number of sulfone groups is 1. The Balaban J connectivity index is 2.11. The van der Waals surface area contributed by atoms with Gasteiger partial charge in [0.15, 0.2) is 21.5 Å². The predicted molar refractivity (Wildman–Crippen MR) is 61.8 cm³/mol. The Labute approximate surface area is 104 Å². The highest BCUT2D eigenvalue weighted by molar-refractivity contribution is 7.91. The summed E-state index contributed by atoms with van der Waals surface area (Å²) in [5.74, 6) is -3.15. The van der Waals surface area contributed by atoms with Crippen LogP contribution < -0.4 is 0 Å². The summed E-state index contributed by atoms with van der Waals surface area (Å²) in [6.07, 6.45) is 0.0158. The normalized spacial score (nSPS) is 22.0. The Morgan fingerprint density at radius 2 is 2.06 bits per heavy atom. The molecule has 1 aliphatic rings. The maximum atomic E-state index is 13.4. The van der Waals surface area contributed by atoms with Crippen molar-refractivity contribution >= 4 is 15.6 Å². The number of hydrogen-bond acceptors (Lipinski definition) is 3. The van der Waals surface area contributed by atoms with Gasteiger partial charge < -0.3 is 0 Å². The minimum Gasteiger partial charge on any atom is -0.299 e. The molecule has 0 saturated carbocycles. The number of ketones is 1. The van der Waals surface area contributed by atoms with Crippen molar-refractivity contribution in [1.29, 1.82) is 0 Å². The van der Waals surface area contributed by atoms with Crippen LogP contribution in [-0.2, 0) is 21.1 Å². The zero-order chi connectivity index (χ0) is 13.3. The first-order valence-corrected chi connectivity index (χ1v) is 7.37. The molecule has 6 heteroatoms. The van der Waals surface area contributed by atoms with E-state index in [0.29, 0.717) is 0 Å². The van der Waals surface area contributed by atoms with E-state index in [2.05, 4.69) is 0 Å². The molecule has 1 aromatic carbocycles. The lowest BCUT2D eigenvalue weighted by Gasteiger charge is -2.07. The van der Waals surface area contributed by atoms with Gasteiger partial charge in [-0.1, -0.05) is 12.1 Å². The summed E-state index contributed by atoms with van der Waals surface area (Å²) in [5, 5.41) is 0. The maximum absolute atomic E-state index is 13.4. The van der Waals surface area contributed by atoms with Crippen molar-refractivity contribution in [3.8, 4) is 0 Å². The fraction of sp³-hybridized carbons (Fsp3) is 0.417. The van der Waals surface area contributed by atoms with Gasteiger partial charge >= 0.3 is 0 Å². The second kappa shape index (κ2) is 4.76. The van der Waals surface area contributed by atoms with Crippen LogP contribution in [0.2, 0.25) is 0 Å². The number of benzene rings is 1. The lowest BCUT2D eigenvalue weighted by atomic mass is 9.97. The van der Waals surface area contributed by atoms with Gasteiger partial charge in [0, 0.05) is 12.3 Å². The van der Waals surface area contributed by atoms with E-state index in [-0.39, 0.29) is 35.7 Å². The van der Waals surface area contributed by atoms with Crippen LogP contribution in [0.1, 0.15) is 12.0 Å². The van der Waals surface area contributed by atoms with Crippen LogP contribution in [0.5, 0.6) is 0 Å². The van der Waals surface area contributed by atoms with Crippen LogP contribution in [0, 0.1) is 17.6 Å². The molecule has 0 aromatic heterocycles. The van der Waals surface area contributed by atoms with Gasteiger partial charge in [-0.3, -0.25) is 4.79 Å². The molecule has 0 N–H and O–H groups in total. The molecule has 0 aliphatic carbocycles. The van der Waals surface area contributed by atoms with E-state index >= 15 is 0 Å². The molecule has 0 spiro atoms. The molecule has 3 nitrogen and oxygen atoms in total. The van der Waals surface area contributed by atoms with Gasteiger partial charge in [0.2, 0.25) is 0 Å². The zero-order valence-corrected chi connectivity index (χ0v) is 10.3. The van der Waals surface area contributed by atoms with Crippen molar-refractivity contribution in [1.82, 2.24) is 0 Å². The van der Waals surface area contributed by atoms with Crippen molar-refractivity contribution in [3.05, 3.63) is 35.4 Å². The summed E-state index contributed by atoms with van der Waals surface area (Å²) in [4.78, 5) is 11.8. The van der Waals surface area contributed by atoms with E-state index in [4.69, 9.17) is 0 Å². The predicted octanol–water partition coefficient (Wildman–Crippen LogP) is 1.51. The Bertz CT molecular complexity index is 581. The average Bonchev–Trinajstić information content (AvgIpc) is 2.65. The highest BCUT2D eigenvalue weighted by atomic mass is 32.2. The summed E-state index contributed by atoms with van der Waals surface area (Å²) in [7, 11) is -3.14. The first-order valence-electron chi connectivity index (χ1n) is 5.55. The molecular weight excluding hydrogens is 262 g/mol. The summed E-state index contributed by atoms with van der Waals surface area (Å²) in [6.45, 7) is 0. The summed E-state index contributed by atoms with van der Waals surface area (Å²) in [6, 6.07) is 3.63. The molecule has 0 bridgehead atoms. The standard InChI is InChI=1S/C12H12F2O3S/c13-10-3-1-2-8(12(10)14)6-11(15)9-4-5-18(16,17)7-9/h1-3,9H,4-7H2. The Morgan fingerprint density at radius 3 is 2.67 bits per heavy atom. The van der Waals surface area contributed by atoms with Gasteiger partial charge in [-0.05, 0) is 18.1 Å². The maximum Gasteiger partial charge on any atom is 0.162 e. The molecule has 0 amide bonds. The number of hydrogen-bond donors (Lipinski definition) is 0. The smallest absolute Gasteiger partial charge is 0.162 e. The zero-order valence-electron chi connectivity index (χ0n) is 9.53. The first-order chi connectivity index (χ1) is 8.39. The molecule has 1 atom stereocenters. The fourth-order valence-corrected chi connectivity index (χ4v) is 3.84. The highest BCUT2D eigenvalue weighted by Gasteiger charge is 2.32. The third-order valence-corrected chi connectivity index (χ3v) is 4.85. The summed E-state index contributed by atoms with van der Waals surface area (Å²) in [5.41, 5.74) is -0.0238. The average molecular weight is 274 g/mol. The fourth-order valence-electron chi connectivity index (χ4n) is 2.07. The molecule has 1 saturated heterocycles. The number of rotatable bonds is 3. The van der Waals surface area contributed by atoms with Crippen molar-refractivity contribution in [3.63, 3.8) is 0 Å². The number of halogens is 2. The minimum atomic E-state index is -3.14. The van der Waals surface area contributed by atoms with Crippen LogP contribution in [-0.4, -0.2) is 25.7 Å². The monoisotopic (exact) mass is 274 g/mol. The van der Waals surface area contributed by atoms with Crippen molar-refractivity contribution in [2.45, 2.75) is 12.8 Å². The highest BCUT2D eigenvalue weighted by Crippen LogP contribution is 2.22. The summed E-state index contributed by atoms with van der Waals surface area (Å²) >= 11 is 0. The van der Waals surface area contributed by atoms with Gasteiger partial charge in [0.1, 0.15) is 5.78 Å². The SMILES string of the molecule is O=C(Cc1cccc(F)c1F)C1CCS(=O)(=O)C1. The molecule has 98 valence electrons. The molecular formula is C12H12F2O3S.